The van der Waals surface area contributed by atoms with Gasteiger partial charge in [0, 0.05) is 36.6 Å². The minimum atomic E-state index is -0.260. The summed E-state index contributed by atoms with van der Waals surface area (Å²) >= 11 is 0. The van der Waals surface area contributed by atoms with Crippen LogP contribution in [-0.2, 0) is 0 Å². The molecule has 0 aliphatic carbocycles. The number of aromatic nitrogens is 6. The van der Waals surface area contributed by atoms with Crippen molar-refractivity contribution in [1.29, 1.82) is 0 Å². The van der Waals surface area contributed by atoms with Crippen LogP contribution in [0.15, 0.2) is 61.1 Å². The Morgan fingerprint density at radius 2 is 1.83 bits per heavy atom. The number of amides is 1. The Kier molecular flexibility index (Phi) is 6.34. The van der Waals surface area contributed by atoms with Gasteiger partial charge in [0.15, 0.2) is 5.82 Å². The normalized spacial score (nSPS) is 13.3. The summed E-state index contributed by atoms with van der Waals surface area (Å²) in [6.45, 7) is 6.05. The lowest BCUT2D eigenvalue weighted by Crippen LogP contribution is -2.20. The summed E-state index contributed by atoms with van der Waals surface area (Å²) in [6.07, 6.45) is 5.75. The lowest BCUT2D eigenvalue weighted by Gasteiger charge is -2.16. The maximum Gasteiger partial charge on any atom is 0.256 e. The Balaban J connectivity index is 1.30. The van der Waals surface area contributed by atoms with Gasteiger partial charge in [-0.1, -0.05) is 12.1 Å². The van der Waals surface area contributed by atoms with Crippen LogP contribution >= 0.6 is 0 Å². The zero-order valence-corrected chi connectivity index (χ0v) is 19.7. The van der Waals surface area contributed by atoms with Crippen LogP contribution in [0.1, 0.15) is 43.1 Å². The molecule has 178 valence electrons. The molecule has 5 rings (SSSR count). The van der Waals surface area contributed by atoms with E-state index in [9.17, 15) is 4.79 Å². The lowest BCUT2D eigenvalue weighted by molar-refractivity contribution is 0.102. The minimum Gasteiger partial charge on any atom is -0.341 e. The third-order valence-electron chi connectivity index (χ3n) is 5.78. The van der Waals surface area contributed by atoms with E-state index in [0.29, 0.717) is 28.7 Å². The molecule has 0 spiro atoms. The molecule has 0 unspecified atom stereocenters. The van der Waals surface area contributed by atoms with Crippen molar-refractivity contribution in [2.45, 2.75) is 32.7 Å². The second-order valence-electron chi connectivity index (χ2n) is 8.66. The summed E-state index contributed by atoms with van der Waals surface area (Å²) in [5, 5.41) is 14.3. The molecule has 1 amide bonds. The Labute approximate surface area is 203 Å². The molecule has 0 atom stereocenters. The highest BCUT2D eigenvalue weighted by Gasteiger charge is 2.16. The predicted octanol–water partition coefficient (Wildman–Crippen LogP) is 4.31. The van der Waals surface area contributed by atoms with Crippen LogP contribution in [0.5, 0.6) is 0 Å². The number of carbonyl (C=O) groups excluding carboxylic acids is 1. The highest BCUT2D eigenvalue weighted by atomic mass is 16.1. The fourth-order valence-electron chi connectivity index (χ4n) is 3.99. The average molecular weight is 470 g/mol. The number of hydrogen-bond acceptors (Lipinski definition) is 8. The largest absolute Gasteiger partial charge is 0.341 e. The average Bonchev–Trinajstić information content (AvgIpc) is 3.57. The van der Waals surface area contributed by atoms with Gasteiger partial charge in [-0.25, -0.2) is 9.97 Å². The molecule has 10 nitrogen and oxygen atoms in total. The second kappa shape index (κ2) is 9.88. The molecule has 1 saturated heterocycles. The van der Waals surface area contributed by atoms with Gasteiger partial charge in [0.05, 0.1) is 0 Å². The maximum atomic E-state index is 13.0. The molecular formula is C25H27N9O. The standard InChI is InChI=1S/C25H27N9O/c1-17(2)34-16-27-32-23(34)20-9-6-10-21(29-20)30-24(35)18-7-5-8-19(15-18)28-22-11-12-26-25(31-22)33-13-3-4-14-33/h5-12,15-17H,3-4,13-14H2,1-2H3,(H,26,28,31)(H,29,30,35). The molecule has 0 saturated carbocycles. The van der Waals surface area contributed by atoms with Crippen molar-refractivity contribution in [2.24, 2.45) is 0 Å². The summed E-state index contributed by atoms with van der Waals surface area (Å²) in [7, 11) is 0. The first kappa shape index (κ1) is 22.5. The number of rotatable bonds is 7. The molecule has 0 bridgehead atoms. The van der Waals surface area contributed by atoms with Crippen LogP contribution in [-0.4, -0.2) is 48.7 Å². The zero-order valence-electron chi connectivity index (χ0n) is 19.7. The summed E-state index contributed by atoms with van der Waals surface area (Å²) in [5.74, 6) is 2.24. The minimum absolute atomic E-state index is 0.191. The van der Waals surface area contributed by atoms with Gasteiger partial charge in [0.25, 0.3) is 5.91 Å². The molecule has 1 aromatic carbocycles. The number of carbonyl (C=O) groups is 1. The van der Waals surface area contributed by atoms with Crippen molar-refractivity contribution in [2.75, 3.05) is 28.6 Å². The fourth-order valence-corrected chi connectivity index (χ4v) is 3.99. The van der Waals surface area contributed by atoms with Crippen molar-refractivity contribution in [3.63, 3.8) is 0 Å². The number of nitrogens with zero attached hydrogens (tertiary/aromatic N) is 7. The number of pyridine rings is 1. The summed E-state index contributed by atoms with van der Waals surface area (Å²) in [4.78, 5) is 28.7. The van der Waals surface area contributed by atoms with Gasteiger partial charge < -0.3 is 20.1 Å². The van der Waals surface area contributed by atoms with Gasteiger partial charge in [-0.3, -0.25) is 4.79 Å². The van der Waals surface area contributed by atoms with Gasteiger partial charge in [-0.15, -0.1) is 10.2 Å². The van der Waals surface area contributed by atoms with Crippen molar-refractivity contribution in [1.82, 2.24) is 29.7 Å². The van der Waals surface area contributed by atoms with Crippen LogP contribution in [0.2, 0.25) is 0 Å². The Morgan fingerprint density at radius 1 is 1.00 bits per heavy atom. The SMILES string of the molecule is CC(C)n1cnnc1-c1cccc(NC(=O)c2cccc(Nc3ccnc(N4CCCC4)n3)c2)n1. The first-order chi connectivity index (χ1) is 17.1. The van der Waals surface area contributed by atoms with Gasteiger partial charge >= 0.3 is 0 Å². The molecule has 3 aromatic heterocycles. The Hall–Kier alpha value is -4.34. The summed E-state index contributed by atoms with van der Waals surface area (Å²) in [6, 6.07) is 14.7. The molecule has 1 aliphatic heterocycles. The highest BCUT2D eigenvalue weighted by molar-refractivity contribution is 6.04. The van der Waals surface area contributed by atoms with Gasteiger partial charge in [-0.2, -0.15) is 4.98 Å². The molecule has 35 heavy (non-hydrogen) atoms. The zero-order chi connectivity index (χ0) is 24.2. The topological polar surface area (TPSA) is 114 Å². The quantitative estimate of drug-likeness (QED) is 0.412. The smallest absolute Gasteiger partial charge is 0.256 e. The van der Waals surface area contributed by atoms with E-state index in [2.05, 4.69) is 40.7 Å². The van der Waals surface area contributed by atoms with E-state index in [1.54, 1.807) is 30.7 Å². The van der Waals surface area contributed by atoms with Crippen LogP contribution in [0.3, 0.4) is 0 Å². The van der Waals surface area contributed by atoms with E-state index >= 15 is 0 Å². The van der Waals surface area contributed by atoms with Crippen LogP contribution < -0.4 is 15.5 Å². The monoisotopic (exact) mass is 469 g/mol. The molecule has 4 aromatic rings. The lowest BCUT2D eigenvalue weighted by atomic mass is 10.2. The van der Waals surface area contributed by atoms with Crippen molar-refractivity contribution in [3.8, 4) is 11.5 Å². The van der Waals surface area contributed by atoms with Crippen molar-refractivity contribution in [3.05, 3.63) is 66.6 Å². The first-order valence-electron chi connectivity index (χ1n) is 11.7. The van der Waals surface area contributed by atoms with Gasteiger partial charge in [-0.05, 0) is 63.1 Å². The number of benzene rings is 1. The summed E-state index contributed by atoms with van der Waals surface area (Å²) < 4.78 is 1.94. The summed E-state index contributed by atoms with van der Waals surface area (Å²) in [5.41, 5.74) is 1.90. The van der Waals surface area contributed by atoms with E-state index < -0.39 is 0 Å². The number of hydrogen-bond donors (Lipinski definition) is 2. The molecule has 1 aliphatic rings. The fraction of sp³-hybridized carbons (Fsp3) is 0.280. The van der Waals surface area contributed by atoms with Crippen LogP contribution in [0.4, 0.5) is 23.3 Å². The van der Waals surface area contributed by atoms with Crippen LogP contribution in [0.25, 0.3) is 11.5 Å². The van der Waals surface area contributed by atoms with E-state index in [4.69, 9.17) is 0 Å². The van der Waals surface area contributed by atoms with Crippen molar-refractivity contribution >= 4 is 29.2 Å². The van der Waals surface area contributed by atoms with Crippen molar-refractivity contribution < 1.29 is 4.79 Å². The van der Waals surface area contributed by atoms with Gasteiger partial charge in [0.1, 0.15) is 23.7 Å². The molecule has 2 N–H and O–H groups in total. The second-order valence-corrected chi connectivity index (χ2v) is 8.66. The number of anilines is 4. The van der Waals surface area contributed by atoms with Gasteiger partial charge in [0.2, 0.25) is 5.95 Å². The predicted molar refractivity (Wildman–Crippen MR) is 135 cm³/mol. The van der Waals surface area contributed by atoms with E-state index in [0.717, 1.165) is 37.6 Å². The third kappa shape index (κ3) is 5.11. The maximum absolute atomic E-state index is 13.0. The molecule has 10 heteroatoms. The molecular weight excluding hydrogens is 442 g/mol. The van der Waals surface area contributed by atoms with E-state index in [-0.39, 0.29) is 11.9 Å². The Morgan fingerprint density at radius 3 is 2.66 bits per heavy atom. The van der Waals surface area contributed by atoms with Crippen LogP contribution in [0, 0.1) is 0 Å². The number of nitrogens with one attached hydrogen (secondary N) is 2. The first-order valence-corrected chi connectivity index (χ1v) is 11.7. The molecule has 4 heterocycles. The molecule has 0 radical (unpaired) electrons. The van der Waals surface area contributed by atoms with E-state index in [1.807, 2.05) is 48.7 Å². The highest BCUT2D eigenvalue weighted by Crippen LogP contribution is 2.22. The Bertz CT molecular complexity index is 1330. The third-order valence-corrected chi connectivity index (χ3v) is 5.78. The van der Waals surface area contributed by atoms with E-state index in [1.165, 1.54) is 0 Å². The molecule has 1 fully saturated rings.